The highest BCUT2D eigenvalue weighted by Gasteiger charge is 2.30. The minimum Gasteiger partial charge on any atom is -0.484 e. The second kappa shape index (κ2) is 7.62. The molecule has 0 heterocycles. The fourth-order valence-electron chi connectivity index (χ4n) is 2.69. The molecule has 0 aromatic heterocycles. The number of benzene rings is 1. The number of carboxylic acids is 1. The van der Waals surface area contributed by atoms with E-state index in [4.69, 9.17) is 15.6 Å². The molecule has 2 amide bonds. The molecule has 124 valence electrons. The van der Waals surface area contributed by atoms with Gasteiger partial charge in [0.2, 0.25) is 5.91 Å². The van der Waals surface area contributed by atoms with Crippen LogP contribution in [-0.2, 0) is 14.4 Å². The topological polar surface area (TPSA) is 119 Å². The Balaban J connectivity index is 1.89. The number of carbonyl (C=O) groups is 3. The number of carbonyl (C=O) groups excluding carboxylic acids is 2. The Kier molecular flexibility index (Phi) is 5.56. The average molecular weight is 320 g/mol. The minimum atomic E-state index is -0.835. The molecular formula is C16H20N2O5. The molecule has 4 N–H and O–H groups in total. The molecule has 1 aliphatic carbocycles. The summed E-state index contributed by atoms with van der Waals surface area (Å²) >= 11 is 0. The van der Waals surface area contributed by atoms with Crippen molar-refractivity contribution in [1.29, 1.82) is 0 Å². The zero-order valence-electron chi connectivity index (χ0n) is 12.7. The Bertz CT molecular complexity index is 585. The first-order chi connectivity index (χ1) is 11.0. The van der Waals surface area contributed by atoms with Crippen LogP contribution in [0.3, 0.4) is 0 Å². The van der Waals surface area contributed by atoms with Gasteiger partial charge in [-0.25, -0.2) is 0 Å². The molecule has 1 aliphatic rings. The number of rotatable bonds is 6. The lowest BCUT2D eigenvalue weighted by Crippen LogP contribution is -2.30. The summed E-state index contributed by atoms with van der Waals surface area (Å²) in [6.07, 6.45) is 2.45. The molecule has 0 spiro atoms. The van der Waals surface area contributed by atoms with Gasteiger partial charge in [0, 0.05) is 11.6 Å². The van der Waals surface area contributed by atoms with Crippen LogP contribution in [0.25, 0.3) is 0 Å². The van der Waals surface area contributed by atoms with Gasteiger partial charge >= 0.3 is 5.97 Å². The smallest absolute Gasteiger partial charge is 0.306 e. The van der Waals surface area contributed by atoms with Crippen LogP contribution in [0.4, 0.5) is 5.69 Å². The van der Waals surface area contributed by atoms with E-state index in [9.17, 15) is 14.4 Å². The molecule has 0 bridgehead atoms. The van der Waals surface area contributed by atoms with Crippen molar-refractivity contribution in [2.75, 3.05) is 11.9 Å². The fraction of sp³-hybridized carbons (Fsp3) is 0.438. The van der Waals surface area contributed by atoms with E-state index in [-0.39, 0.29) is 18.4 Å². The lowest BCUT2D eigenvalue weighted by molar-refractivity contribution is -0.143. The van der Waals surface area contributed by atoms with Crippen LogP contribution >= 0.6 is 0 Å². The van der Waals surface area contributed by atoms with Crippen molar-refractivity contribution >= 4 is 23.5 Å². The fourth-order valence-corrected chi connectivity index (χ4v) is 2.69. The van der Waals surface area contributed by atoms with Gasteiger partial charge in [0.25, 0.3) is 5.91 Å². The first-order valence-electron chi connectivity index (χ1n) is 7.50. The number of aliphatic carboxylic acids is 1. The maximum atomic E-state index is 12.2. The Hall–Kier alpha value is -2.57. The third-order valence-electron chi connectivity index (χ3n) is 3.90. The van der Waals surface area contributed by atoms with E-state index >= 15 is 0 Å². The molecule has 0 aliphatic heterocycles. The number of amides is 2. The second-order valence-corrected chi connectivity index (χ2v) is 5.67. The molecule has 1 aromatic rings. The van der Waals surface area contributed by atoms with Crippen LogP contribution in [0.1, 0.15) is 25.7 Å². The van der Waals surface area contributed by atoms with Gasteiger partial charge in [-0.2, -0.15) is 0 Å². The Morgan fingerprint density at radius 2 is 1.83 bits per heavy atom. The number of nitrogens with one attached hydrogen (secondary N) is 1. The molecule has 2 unspecified atom stereocenters. The molecule has 1 fully saturated rings. The molecule has 1 aromatic carbocycles. The Morgan fingerprint density at radius 3 is 2.43 bits per heavy atom. The van der Waals surface area contributed by atoms with Crippen molar-refractivity contribution in [2.24, 2.45) is 17.6 Å². The first-order valence-corrected chi connectivity index (χ1v) is 7.50. The van der Waals surface area contributed by atoms with Gasteiger partial charge in [-0.15, -0.1) is 0 Å². The summed E-state index contributed by atoms with van der Waals surface area (Å²) in [6, 6.07) is 6.57. The standard InChI is InChI=1S/C16H20N2O5/c17-14(19)9-23-13-6-4-12(5-7-13)18-15(20)10-2-1-3-11(8-10)16(21)22/h4-7,10-11H,1-3,8-9H2,(H2,17,19)(H,18,20)(H,21,22). The highest BCUT2D eigenvalue weighted by molar-refractivity contribution is 5.93. The molecule has 2 rings (SSSR count). The summed E-state index contributed by atoms with van der Waals surface area (Å²) in [6.45, 7) is -0.204. The van der Waals surface area contributed by atoms with Gasteiger partial charge in [0.15, 0.2) is 6.61 Å². The molecular weight excluding hydrogens is 300 g/mol. The number of carboxylic acid groups (broad SMARTS) is 1. The van der Waals surface area contributed by atoms with Crippen LogP contribution in [0.2, 0.25) is 0 Å². The van der Waals surface area contributed by atoms with Crippen molar-refractivity contribution in [1.82, 2.24) is 0 Å². The van der Waals surface area contributed by atoms with Gasteiger partial charge in [0.1, 0.15) is 5.75 Å². The maximum absolute atomic E-state index is 12.2. The molecule has 0 saturated heterocycles. The van der Waals surface area contributed by atoms with E-state index in [1.54, 1.807) is 24.3 Å². The van der Waals surface area contributed by atoms with Crippen molar-refractivity contribution < 1.29 is 24.2 Å². The van der Waals surface area contributed by atoms with E-state index < -0.39 is 17.8 Å². The van der Waals surface area contributed by atoms with Crippen LogP contribution < -0.4 is 15.8 Å². The van der Waals surface area contributed by atoms with Gasteiger partial charge in [-0.05, 0) is 43.5 Å². The number of ether oxygens (including phenoxy) is 1. The van der Waals surface area contributed by atoms with Gasteiger partial charge in [-0.3, -0.25) is 14.4 Å². The highest BCUT2D eigenvalue weighted by atomic mass is 16.5. The number of primary amides is 1. The predicted octanol–water partition coefficient (Wildman–Crippen LogP) is 1.38. The molecule has 0 radical (unpaired) electrons. The minimum absolute atomic E-state index is 0.165. The van der Waals surface area contributed by atoms with E-state index in [1.807, 2.05) is 0 Å². The summed E-state index contributed by atoms with van der Waals surface area (Å²) in [4.78, 5) is 33.9. The van der Waals surface area contributed by atoms with Crippen molar-refractivity contribution in [3.63, 3.8) is 0 Å². The number of anilines is 1. The molecule has 2 atom stereocenters. The van der Waals surface area contributed by atoms with Crippen LogP contribution in [0.15, 0.2) is 24.3 Å². The molecule has 7 heteroatoms. The second-order valence-electron chi connectivity index (χ2n) is 5.67. The van der Waals surface area contributed by atoms with Crippen molar-refractivity contribution in [2.45, 2.75) is 25.7 Å². The largest absolute Gasteiger partial charge is 0.484 e. The zero-order valence-corrected chi connectivity index (χ0v) is 12.7. The van der Waals surface area contributed by atoms with E-state index in [1.165, 1.54) is 0 Å². The normalized spacial score (nSPS) is 20.5. The average Bonchev–Trinajstić information content (AvgIpc) is 2.54. The van der Waals surface area contributed by atoms with Gasteiger partial charge < -0.3 is 20.9 Å². The first kappa shape index (κ1) is 16.8. The number of nitrogens with two attached hydrogens (primary N) is 1. The monoisotopic (exact) mass is 320 g/mol. The number of hydrogen-bond donors (Lipinski definition) is 3. The van der Waals surface area contributed by atoms with Crippen LogP contribution in [-0.4, -0.2) is 29.5 Å². The third-order valence-corrected chi connectivity index (χ3v) is 3.90. The highest BCUT2D eigenvalue weighted by Crippen LogP contribution is 2.30. The Morgan fingerprint density at radius 1 is 1.17 bits per heavy atom. The van der Waals surface area contributed by atoms with Gasteiger partial charge in [0.05, 0.1) is 5.92 Å². The Labute approximate surface area is 133 Å². The SMILES string of the molecule is NC(=O)COc1ccc(NC(=O)C2CCCC(C(=O)O)C2)cc1. The van der Waals surface area contributed by atoms with Crippen LogP contribution in [0, 0.1) is 11.8 Å². The van der Waals surface area contributed by atoms with Crippen LogP contribution in [0.5, 0.6) is 5.75 Å². The summed E-state index contributed by atoms with van der Waals surface area (Å²) in [5, 5.41) is 11.9. The van der Waals surface area contributed by atoms with E-state index in [2.05, 4.69) is 5.32 Å². The summed E-state index contributed by atoms with van der Waals surface area (Å²) in [5.74, 6) is -1.81. The maximum Gasteiger partial charge on any atom is 0.306 e. The summed E-state index contributed by atoms with van der Waals surface area (Å²) in [7, 11) is 0. The van der Waals surface area contributed by atoms with E-state index in [0.29, 0.717) is 30.7 Å². The van der Waals surface area contributed by atoms with Crippen molar-refractivity contribution in [3.8, 4) is 5.75 Å². The molecule has 1 saturated carbocycles. The predicted molar refractivity (Wildman–Crippen MR) is 82.8 cm³/mol. The lowest BCUT2D eigenvalue weighted by Gasteiger charge is -2.25. The summed E-state index contributed by atoms with van der Waals surface area (Å²) < 4.78 is 5.13. The third kappa shape index (κ3) is 4.98. The number of hydrogen-bond acceptors (Lipinski definition) is 4. The van der Waals surface area contributed by atoms with Crippen molar-refractivity contribution in [3.05, 3.63) is 24.3 Å². The summed E-state index contributed by atoms with van der Waals surface area (Å²) in [5.41, 5.74) is 5.58. The zero-order chi connectivity index (χ0) is 16.8. The molecule has 7 nitrogen and oxygen atoms in total. The molecule has 23 heavy (non-hydrogen) atoms. The van der Waals surface area contributed by atoms with E-state index in [0.717, 1.165) is 6.42 Å². The van der Waals surface area contributed by atoms with Gasteiger partial charge in [-0.1, -0.05) is 6.42 Å². The quantitative estimate of drug-likeness (QED) is 0.731. The lowest BCUT2D eigenvalue weighted by atomic mass is 9.81.